The second kappa shape index (κ2) is 8.77. The van der Waals surface area contributed by atoms with Crippen molar-refractivity contribution in [1.29, 1.82) is 0 Å². The average molecular weight is 505 g/mol. The van der Waals surface area contributed by atoms with Gasteiger partial charge in [0, 0.05) is 48.3 Å². The highest BCUT2D eigenvalue weighted by Gasteiger charge is 2.87. The molecule has 0 aromatic carbocycles. The fourth-order valence-electron chi connectivity index (χ4n) is 7.67. The molecule has 2 saturated carbocycles. The molecule has 0 aromatic heterocycles. The number of Topliss-reactive ketones (excluding diaryl/α,β-unsaturated/α-hetero) is 1. The number of carbonyl (C=O) groups is 3. The Morgan fingerprint density at radius 2 is 1.69 bits per heavy atom. The van der Waals surface area contributed by atoms with E-state index in [0.717, 1.165) is 0 Å². The number of carbonyl (C=O) groups excluding carboxylic acids is 3. The molecular formula is C28H40O8. The van der Waals surface area contributed by atoms with E-state index in [1.165, 1.54) is 0 Å². The van der Waals surface area contributed by atoms with E-state index in [-0.39, 0.29) is 25.9 Å². The van der Waals surface area contributed by atoms with Gasteiger partial charge in [0.15, 0.2) is 11.4 Å². The maximum absolute atomic E-state index is 13.2. The molecule has 0 saturated heterocycles. The highest BCUT2D eigenvalue weighted by atomic mass is 16.6. The molecule has 0 radical (unpaired) electrons. The summed E-state index contributed by atoms with van der Waals surface area (Å²) in [5.74, 6) is -4.22. The molecule has 1 unspecified atom stereocenters. The van der Waals surface area contributed by atoms with Crippen LogP contribution in [0.15, 0.2) is 23.3 Å². The van der Waals surface area contributed by atoms with Gasteiger partial charge in [-0.3, -0.25) is 14.4 Å². The van der Waals surface area contributed by atoms with Crippen LogP contribution in [-0.2, 0) is 23.9 Å². The number of rotatable bonds is 7. The fraction of sp³-hybridized carbons (Fsp3) is 0.750. The minimum absolute atomic E-state index is 0.109. The Bertz CT molecular complexity index is 1030. The van der Waals surface area contributed by atoms with Gasteiger partial charge in [-0.15, -0.1) is 0 Å². The number of fused-ring (bicyclic) bond motifs is 5. The summed E-state index contributed by atoms with van der Waals surface area (Å²) in [6.45, 7) is 10.6. The second-order valence-corrected chi connectivity index (χ2v) is 11.8. The molecule has 0 heterocycles. The van der Waals surface area contributed by atoms with Crippen LogP contribution in [0.4, 0.5) is 0 Å². The predicted octanol–water partition coefficient (Wildman–Crippen LogP) is 2.63. The molecule has 0 amide bonds. The lowest BCUT2D eigenvalue weighted by molar-refractivity contribution is -0.229. The Morgan fingerprint density at radius 3 is 2.28 bits per heavy atom. The lowest BCUT2D eigenvalue weighted by atomic mass is 9.59. The van der Waals surface area contributed by atoms with E-state index in [1.807, 2.05) is 27.7 Å². The SMILES string of the molecule is CCCC(=O)O[C@@H]1[C@@H](C)[C@@]2(O)C(C=C(CO)C[C@]3(O)C(=O)C(C)=C[C@@H]23)[C@@H]2C(C)(C)[C@]12OC(=O)CCC. The van der Waals surface area contributed by atoms with Gasteiger partial charge in [-0.05, 0) is 30.9 Å². The average Bonchev–Trinajstić information content (AvgIpc) is 3.23. The van der Waals surface area contributed by atoms with E-state index < -0.39 is 69.7 Å². The molecule has 0 bridgehead atoms. The number of aliphatic hydroxyl groups excluding tert-OH is 1. The number of hydrogen-bond donors (Lipinski definition) is 3. The largest absolute Gasteiger partial charge is 0.458 e. The maximum Gasteiger partial charge on any atom is 0.306 e. The zero-order valence-electron chi connectivity index (χ0n) is 22.2. The topological polar surface area (TPSA) is 130 Å². The van der Waals surface area contributed by atoms with Crippen LogP contribution >= 0.6 is 0 Å². The van der Waals surface area contributed by atoms with Crippen LogP contribution in [0.5, 0.6) is 0 Å². The third kappa shape index (κ3) is 3.40. The van der Waals surface area contributed by atoms with E-state index in [2.05, 4.69) is 0 Å². The maximum atomic E-state index is 13.2. The van der Waals surface area contributed by atoms with E-state index in [1.54, 1.807) is 26.0 Å². The number of ketones is 1. The molecule has 0 aliphatic heterocycles. The van der Waals surface area contributed by atoms with Gasteiger partial charge in [-0.1, -0.05) is 46.8 Å². The minimum Gasteiger partial charge on any atom is -0.458 e. The third-order valence-electron chi connectivity index (χ3n) is 9.41. The summed E-state index contributed by atoms with van der Waals surface area (Å²) in [4.78, 5) is 38.8. The number of ether oxygens (including phenoxy) is 2. The summed E-state index contributed by atoms with van der Waals surface area (Å²) in [7, 11) is 0. The van der Waals surface area contributed by atoms with Crippen molar-refractivity contribution in [2.75, 3.05) is 6.61 Å². The Labute approximate surface area is 212 Å². The van der Waals surface area contributed by atoms with Gasteiger partial charge in [-0.25, -0.2) is 0 Å². The first-order valence-corrected chi connectivity index (χ1v) is 13.2. The predicted molar refractivity (Wildman–Crippen MR) is 130 cm³/mol. The van der Waals surface area contributed by atoms with Crippen LogP contribution < -0.4 is 0 Å². The van der Waals surface area contributed by atoms with Gasteiger partial charge in [0.2, 0.25) is 0 Å². The summed E-state index contributed by atoms with van der Waals surface area (Å²) >= 11 is 0. The highest BCUT2D eigenvalue weighted by molar-refractivity contribution is 6.04. The minimum atomic E-state index is -1.92. The molecule has 3 N–H and O–H groups in total. The van der Waals surface area contributed by atoms with Gasteiger partial charge in [0.25, 0.3) is 0 Å². The van der Waals surface area contributed by atoms with Gasteiger partial charge < -0.3 is 24.8 Å². The van der Waals surface area contributed by atoms with Crippen LogP contribution in [0.3, 0.4) is 0 Å². The van der Waals surface area contributed by atoms with Crippen molar-refractivity contribution in [3.63, 3.8) is 0 Å². The van der Waals surface area contributed by atoms with Crippen molar-refractivity contribution in [2.24, 2.45) is 29.1 Å². The van der Waals surface area contributed by atoms with E-state index in [4.69, 9.17) is 9.47 Å². The smallest absolute Gasteiger partial charge is 0.306 e. The van der Waals surface area contributed by atoms with E-state index in [0.29, 0.717) is 24.0 Å². The van der Waals surface area contributed by atoms with Gasteiger partial charge >= 0.3 is 11.9 Å². The van der Waals surface area contributed by atoms with E-state index in [9.17, 15) is 29.7 Å². The molecule has 4 aliphatic rings. The van der Waals surface area contributed by atoms with Crippen molar-refractivity contribution in [1.82, 2.24) is 0 Å². The molecule has 0 aromatic rings. The van der Waals surface area contributed by atoms with Crippen molar-refractivity contribution in [3.05, 3.63) is 23.3 Å². The van der Waals surface area contributed by atoms with Crippen molar-refractivity contribution in [3.8, 4) is 0 Å². The molecule has 4 rings (SSSR count). The standard InChI is InChI=1S/C28H40O8/c1-7-9-20(30)35-24-16(4)27(34)18(22-25(5,6)28(22,24)36-21(31)10-8-2)12-17(14-29)13-26(33)19(27)11-15(3)23(26)32/h11-12,16,18-19,22,24,29,33-34H,7-10,13-14H2,1-6H3/t16-,18?,19-,22-,24-,26-,27-,28-/m1/s1. The van der Waals surface area contributed by atoms with E-state index >= 15 is 0 Å². The van der Waals surface area contributed by atoms with Gasteiger partial charge in [-0.2, -0.15) is 0 Å². The third-order valence-corrected chi connectivity index (χ3v) is 9.41. The van der Waals surface area contributed by atoms with Crippen molar-refractivity contribution < 1.29 is 39.2 Å². The van der Waals surface area contributed by atoms with Crippen LogP contribution in [0.2, 0.25) is 0 Å². The zero-order chi connectivity index (χ0) is 26.8. The molecule has 8 heteroatoms. The highest BCUT2D eigenvalue weighted by Crippen LogP contribution is 2.77. The number of hydrogen-bond acceptors (Lipinski definition) is 8. The first kappa shape index (κ1) is 27.0. The molecule has 8 atom stereocenters. The van der Waals surface area contributed by atoms with Crippen molar-refractivity contribution >= 4 is 17.7 Å². The number of aliphatic hydroxyl groups is 3. The molecule has 200 valence electrons. The molecule has 2 fully saturated rings. The fourth-order valence-corrected chi connectivity index (χ4v) is 7.67. The lowest BCUT2D eigenvalue weighted by Crippen LogP contribution is -2.66. The Morgan fingerprint density at radius 1 is 1.08 bits per heavy atom. The van der Waals surface area contributed by atoms with Crippen LogP contribution in [0.25, 0.3) is 0 Å². The quantitative estimate of drug-likeness (QED) is 0.356. The molecule has 36 heavy (non-hydrogen) atoms. The zero-order valence-corrected chi connectivity index (χ0v) is 22.2. The lowest BCUT2D eigenvalue weighted by Gasteiger charge is -2.53. The van der Waals surface area contributed by atoms with Crippen molar-refractivity contribution in [2.45, 2.75) is 96.6 Å². The molecule has 4 aliphatic carbocycles. The Kier molecular flexibility index (Phi) is 6.59. The monoisotopic (exact) mass is 504 g/mol. The molecule has 8 nitrogen and oxygen atoms in total. The number of esters is 2. The normalized spacial score (nSPS) is 42.2. The Hall–Kier alpha value is -2.03. The first-order valence-electron chi connectivity index (χ1n) is 13.2. The summed E-state index contributed by atoms with van der Waals surface area (Å²) < 4.78 is 12.2. The summed E-state index contributed by atoms with van der Waals surface area (Å²) in [5, 5.41) is 34.5. The molecule has 0 spiro atoms. The summed E-state index contributed by atoms with van der Waals surface area (Å²) in [6, 6.07) is 0. The van der Waals surface area contributed by atoms with Crippen LogP contribution in [0.1, 0.15) is 73.6 Å². The molecular weight excluding hydrogens is 464 g/mol. The van der Waals surface area contributed by atoms with Gasteiger partial charge in [0.05, 0.1) is 12.2 Å². The van der Waals surface area contributed by atoms with Gasteiger partial charge in [0.1, 0.15) is 11.7 Å². The van der Waals surface area contributed by atoms with Crippen LogP contribution in [-0.4, -0.2) is 62.6 Å². The summed E-state index contributed by atoms with van der Waals surface area (Å²) in [6.07, 6.45) is 3.85. The van der Waals surface area contributed by atoms with Crippen LogP contribution in [0, 0.1) is 29.1 Å². The Balaban J connectivity index is 1.92. The second-order valence-electron chi connectivity index (χ2n) is 11.8. The summed E-state index contributed by atoms with van der Waals surface area (Å²) in [5.41, 5.74) is -4.69. The first-order chi connectivity index (χ1) is 16.8.